The Kier molecular flexibility index (Phi) is 3.33. The number of halogens is 1. The zero-order valence-electron chi connectivity index (χ0n) is 10.5. The van der Waals surface area contributed by atoms with Gasteiger partial charge in [-0.05, 0) is 38.1 Å². The Bertz CT molecular complexity index is 526. The number of hydrogen-bond acceptors (Lipinski definition) is 2. The highest BCUT2D eigenvalue weighted by Crippen LogP contribution is 2.23. The molecule has 1 aliphatic heterocycles. The van der Waals surface area contributed by atoms with E-state index in [9.17, 15) is 4.39 Å². The predicted molar refractivity (Wildman–Crippen MR) is 69.9 cm³/mol. The van der Waals surface area contributed by atoms with Gasteiger partial charge >= 0.3 is 0 Å². The van der Waals surface area contributed by atoms with Crippen LogP contribution in [0.2, 0.25) is 0 Å². The fourth-order valence-corrected chi connectivity index (χ4v) is 2.67. The van der Waals surface area contributed by atoms with E-state index in [4.69, 9.17) is 4.42 Å². The van der Waals surface area contributed by atoms with Gasteiger partial charge in [0, 0.05) is 5.39 Å². The Balaban J connectivity index is 1.79. The smallest absolute Gasteiger partial charge is 0.169 e. The molecule has 0 atom stereocenters. The van der Waals surface area contributed by atoms with Gasteiger partial charge in [-0.3, -0.25) is 4.90 Å². The summed E-state index contributed by atoms with van der Waals surface area (Å²) < 4.78 is 19.2. The summed E-state index contributed by atoms with van der Waals surface area (Å²) in [7, 11) is 0. The van der Waals surface area contributed by atoms with Crippen LogP contribution in [-0.2, 0) is 6.54 Å². The molecular weight excluding hydrogens is 229 g/mol. The largest absolute Gasteiger partial charge is 0.457 e. The van der Waals surface area contributed by atoms with Crippen molar-refractivity contribution < 1.29 is 8.81 Å². The monoisotopic (exact) mass is 247 g/mol. The van der Waals surface area contributed by atoms with E-state index in [2.05, 4.69) is 4.90 Å². The molecule has 2 nitrogen and oxygen atoms in total. The first-order valence-electron chi connectivity index (χ1n) is 6.72. The molecule has 0 unspecified atom stereocenters. The topological polar surface area (TPSA) is 16.4 Å². The molecule has 96 valence electrons. The first-order chi connectivity index (χ1) is 8.83. The number of rotatable bonds is 2. The molecule has 2 aromatic rings. The van der Waals surface area contributed by atoms with E-state index in [1.54, 1.807) is 6.07 Å². The van der Waals surface area contributed by atoms with Gasteiger partial charge in [0.25, 0.3) is 0 Å². The van der Waals surface area contributed by atoms with Crippen LogP contribution in [0.15, 0.2) is 28.7 Å². The molecule has 0 spiro atoms. The molecule has 0 radical (unpaired) electrons. The molecule has 1 saturated heterocycles. The van der Waals surface area contributed by atoms with Crippen LogP contribution >= 0.6 is 0 Å². The van der Waals surface area contributed by atoms with Crippen molar-refractivity contribution in [2.24, 2.45) is 0 Å². The summed E-state index contributed by atoms with van der Waals surface area (Å²) in [6.45, 7) is 3.05. The van der Waals surface area contributed by atoms with E-state index in [0.717, 1.165) is 30.8 Å². The fraction of sp³-hybridized carbons (Fsp3) is 0.467. The van der Waals surface area contributed by atoms with E-state index in [0.29, 0.717) is 5.58 Å². The minimum Gasteiger partial charge on any atom is -0.457 e. The van der Waals surface area contributed by atoms with Gasteiger partial charge in [-0.15, -0.1) is 0 Å². The molecule has 3 rings (SSSR count). The molecule has 1 aromatic heterocycles. The van der Waals surface area contributed by atoms with E-state index >= 15 is 0 Å². The molecule has 0 N–H and O–H groups in total. The van der Waals surface area contributed by atoms with Gasteiger partial charge < -0.3 is 4.42 Å². The molecule has 18 heavy (non-hydrogen) atoms. The van der Waals surface area contributed by atoms with Gasteiger partial charge in [0.1, 0.15) is 5.76 Å². The highest BCUT2D eigenvalue weighted by molar-refractivity contribution is 5.78. The molecule has 0 saturated carbocycles. The average molecular weight is 247 g/mol. The van der Waals surface area contributed by atoms with Gasteiger partial charge in [0.15, 0.2) is 11.4 Å². The van der Waals surface area contributed by atoms with Crippen LogP contribution in [0.5, 0.6) is 0 Å². The summed E-state index contributed by atoms with van der Waals surface area (Å²) in [4.78, 5) is 2.41. The lowest BCUT2D eigenvalue weighted by molar-refractivity contribution is 0.255. The summed E-state index contributed by atoms with van der Waals surface area (Å²) in [6.07, 6.45) is 5.17. The highest BCUT2D eigenvalue weighted by atomic mass is 19.1. The second kappa shape index (κ2) is 5.11. The molecule has 1 aliphatic rings. The first-order valence-corrected chi connectivity index (χ1v) is 6.72. The summed E-state index contributed by atoms with van der Waals surface area (Å²) in [5.74, 6) is 0.603. The maximum atomic E-state index is 13.5. The Morgan fingerprint density at radius 3 is 2.61 bits per heavy atom. The van der Waals surface area contributed by atoms with Crippen molar-refractivity contribution in [1.29, 1.82) is 0 Å². The van der Waals surface area contributed by atoms with E-state index in [-0.39, 0.29) is 5.82 Å². The van der Waals surface area contributed by atoms with Crippen LogP contribution in [0.25, 0.3) is 11.0 Å². The summed E-state index contributed by atoms with van der Waals surface area (Å²) >= 11 is 0. The van der Waals surface area contributed by atoms with Crippen molar-refractivity contribution in [2.75, 3.05) is 13.1 Å². The SMILES string of the molecule is Fc1cccc2cc(CN3CCCCCC3)oc12. The minimum absolute atomic E-state index is 0.269. The number of furan rings is 1. The third-order valence-corrected chi connectivity index (χ3v) is 3.63. The Labute approximate surface area is 106 Å². The van der Waals surface area contributed by atoms with Crippen molar-refractivity contribution >= 4 is 11.0 Å². The summed E-state index contributed by atoms with van der Waals surface area (Å²) in [5, 5.41) is 0.861. The zero-order chi connectivity index (χ0) is 12.4. The molecule has 2 heterocycles. The predicted octanol–water partition coefficient (Wildman–Crippen LogP) is 3.95. The van der Waals surface area contributed by atoms with Crippen molar-refractivity contribution in [3.8, 4) is 0 Å². The molecule has 1 fully saturated rings. The Morgan fingerprint density at radius 1 is 1.11 bits per heavy atom. The normalized spacial score (nSPS) is 18.1. The average Bonchev–Trinajstić information content (AvgIpc) is 2.60. The van der Waals surface area contributed by atoms with Crippen LogP contribution in [0.1, 0.15) is 31.4 Å². The minimum atomic E-state index is -0.269. The molecule has 0 bridgehead atoms. The lowest BCUT2D eigenvalue weighted by Gasteiger charge is -2.17. The highest BCUT2D eigenvalue weighted by Gasteiger charge is 2.13. The number of hydrogen-bond donors (Lipinski definition) is 0. The number of benzene rings is 1. The molecular formula is C15H18FNO. The van der Waals surface area contributed by atoms with Crippen LogP contribution in [-0.4, -0.2) is 18.0 Å². The van der Waals surface area contributed by atoms with Crippen LogP contribution in [0, 0.1) is 5.82 Å². The van der Waals surface area contributed by atoms with E-state index in [1.807, 2.05) is 12.1 Å². The van der Waals surface area contributed by atoms with Gasteiger partial charge in [0.05, 0.1) is 6.54 Å². The maximum Gasteiger partial charge on any atom is 0.169 e. The van der Waals surface area contributed by atoms with Crippen molar-refractivity contribution in [1.82, 2.24) is 4.90 Å². The van der Waals surface area contributed by atoms with Crippen LogP contribution in [0.4, 0.5) is 4.39 Å². The first kappa shape index (κ1) is 11.7. The third-order valence-electron chi connectivity index (χ3n) is 3.63. The summed E-state index contributed by atoms with van der Waals surface area (Å²) in [6, 6.07) is 7.03. The standard InChI is InChI=1S/C15H18FNO/c16-14-7-5-6-12-10-13(18-15(12)14)11-17-8-3-1-2-4-9-17/h5-7,10H,1-4,8-9,11H2. The van der Waals surface area contributed by atoms with Crippen LogP contribution in [0.3, 0.4) is 0 Å². The third kappa shape index (κ3) is 2.41. The van der Waals surface area contributed by atoms with E-state index < -0.39 is 0 Å². The van der Waals surface area contributed by atoms with Gasteiger partial charge in [-0.2, -0.15) is 0 Å². The quantitative estimate of drug-likeness (QED) is 0.799. The number of para-hydroxylation sites is 1. The Hall–Kier alpha value is -1.35. The Morgan fingerprint density at radius 2 is 1.89 bits per heavy atom. The van der Waals surface area contributed by atoms with Gasteiger partial charge in [-0.25, -0.2) is 4.39 Å². The van der Waals surface area contributed by atoms with Crippen molar-refractivity contribution in [3.05, 3.63) is 35.8 Å². The summed E-state index contributed by atoms with van der Waals surface area (Å²) in [5.41, 5.74) is 0.391. The lowest BCUT2D eigenvalue weighted by atomic mass is 10.2. The second-order valence-electron chi connectivity index (χ2n) is 5.06. The molecule has 1 aromatic carbocycles. The second-order valence-corrected chi connectivity index (χ2v) is 5.06. The fourth-order valence-electron chi connectivity index (χ4n) is 2.67. The maximum absolute atomic E-state index is 13.5. The number of nitrogens with zero attached hydrogens (tertiary/aromatic N) is 1. The molecule has 0 amide bonds. The zero-order valence-corrected chi connectivity index (χ0v) is 10.5. The van der Waals surface area contributed by atoms with Crippen molar-refractivity contribution in [2.45, 2.75) is 32.2 Å². The van der Waals surface area contributed by atoms with Gasteiger partial charge in [0.2, 0.25) is 0 Å². The number of fused-ring (bicyclic) bond motifs is 1. The van der Waals surface area contributed by atoms with Crippen molar-refractivity contribution in [3.63, 3.8) is 0 Å². The molecule has 3 heteroatoms. The van der Waals surface area contributed by atoms with E-state index in [1.165, 1.54) is 31.7 Å². The number of likely N-dealkylation sites (tertiary alicyclic amines) is 1. The lowest BCUT2D eigenvalue weighted by Crippen LogP contribution is -2.23. The van der Waals surface area contributed by atoms with Gasteiger partial charge in [-0.1, -0.05) is 25.0 Å². The van der Waals surface area contributed by atoms with Crippen LogP contribution < -0.4 is 0 Å². The molecule has 0 aliphatic carbocycles.